The second kappa shape index (κ2) is 6.88. The maximum atomic E-state index is 13.7. The molecule has 1 unspecified atom stereocenters. The first-order chi connectivity index (χ1) is 15.2. The first-order valence-electron chi connectivity index (χ1n) is 10.7. The van der Waals surface area contributed by atoms with Crippen molar-refractivity contribution in [2.24, 2.45) is 0 Å². The Morgan fingerprint density at radius 2 is 1.65 bits per heavy atom. The standard InChI is InChI=1S/C27H23N3O/c1-17-10-12-18(13-11-17)26-25-21(20-7-3-5-9-23(20)29-25)14-15-30(26)27(31)24-16-19-6-2-4-8-22(19)28-24/h2-13,16,26,28-29H,14-15H2,1H3. The SMILES string of the molecule is Cc1ccc(C2c3[nH]c4ccccc4c3CCN2C(=O)c2cc3ccccc3[nH]2)cc1. The minimum absolute atomic E-state index is 0.0334. The highest BCUT2D eigenvalue weighted by atomic mass is 16.2. The molecule has 0 aliphatic carbocycles. The highest BCUT2D eigenvalue weighted by molar-refractivity contribution is 5.99. The van der Waals surface area contributed by atoms with Gasteiger partial charge < -0.3 is 14.9 Å². The number of aryl methyl sites for hydroxylation is 1. The largest absolute Gasteiger partial charge is 0.356 e. The van der Waals surface area contributed by atoms with Crippen molar-refractivity contribution in [3.8, 4) is 0 Å². The van der Waals surface area contributed by atoms with E-state index in [1.54, 1.807) is 0 Å². The van der Waals surface area contributed by atoms with Crippen molar-refractivity contribution in [3.05, 3.63) is 107 Å². The second-order valence-corrected chi connectivity index (χ2v) is 8.39. The van der Waals surface area contributed by atoms with Crippen LogP contribution in [0.15, 0.2) is 78.9 Å². The summed E-state index contributed by atoms with van der Waals surface area (Å²) >= 11 is 0. The summed E-state index contributed by atoms with van der Waals surface area (Å²) in [6, 6.07) is 26.8. The van der Waals surface area contributed by atoms with E-state index in [1.807, 2.05) is 35.2 Å². The molecule has 3 aromatic carbocycles. The zero-order chi connectivity index (χ0) is 20.9. The third-order valence-electron chi connectivity index (χ3n) is 6.45. The first kappa shape index (κ1) is 18.0. The van der Waals surface area contributed by atoms with E-state index in [-0.39, 0.29) is 11.9 Å². The number of fused-ring (bicyclic) bond motifs is 4. The molecular formula is C27H23N3O. The number of benzene rings is 3. The molecule has 4 nitrogen and oxygen atoms in total. The molecule has 0 saturated heterocycles. The van der Waals surface area contributed by atoms with E-state index in [0.29, 0.717) is 12.2 Å². The van der Waals surface area contributed by atoms with E-state index in [2.05, 4.69) is 65.4 Å². The molecule has 4 heteroatoms. The number of nitrogens with zero attached hydrogens (tertiary/aromatic N) is 1. The quantitative estimate of drug-likeness (QED) is 0.386. The van der Waals surface area contributed by atoms with E-state index in [0.717, 1.165) is 34.1 Å². The summed E-state index contributed by atoms with van der Waals surface area (Å²) in [6.45, 7) is 2.77. The number of H-pyrrole nitrogens is 2. The van der Waals surface area contributed by atoms with Crippen LogP contribution < -0.4 is 0 Å². The molecule has 0 saturated carbocycles. The van der Waals surface area contributed by atoms with Crippen molar-refractivity contribution in [3.63, 3.8) is 0 Å². The van der Waals surface area contributed by atoms with Gasteiger partial charge in [0.05, 0.1) is 6.04 Å². The maximum absolute atomic E-state index is 13.7. The van der Waals surface area contributed by atoms with Crippen LogP contribution in [0.5, 0.6) is 0 Å². The number of hydrogen-bond donors (Lipinski definition) is 2. The summed E-state index contributed by atoms with van der Waals surface area (Å²) in [5.41, 5.74) is 7.54. The van der Waals surface area contributed by atoms with Gasteiger partial charge in [-0.1, -0.05) is 66.2 Å². The van der Waals surface area contributed by atoms with E-state index in [9.17, 15) is 4.79 Å². The summed E-state index contributed by atoms with van der Waals surface area (Å²) in [4.78, 5) is 22.7. The van der Waals surface area contributed by atoms with Gasteiger partial charge in [0.1, 0.15) is 5.69 Å². The number of carbonyl (C=O) groups excluding carboxylic acids is 1. The van der Waals surface area contributed by atoms with Gasteiger partial charge in [-0.05, 0) is 42.7 Å². The summed E-state index contributed by atoms with van der Waals surface area (Å²) in [5, 5.41) is 2.31. The van der Waals surface area contributed by atoms with Crippen LogP contribution in [0.1, 0.15) is 38.9 Å². The summed E-state index contributed by atoms with van der Waals surface area (Å²) in [5.74, 6) is 0.0334. The molecule has 6 rings (SSSR count). The Morgan fingerprint density at radius 3 is 2.45 bits per heavy atom. The number of aromatic amines is 2. The molecule has 2 aromatic heterocycles. The van der Waals surface area contributed by atoms with Crippen LogP contribution in [0.2, 0.25) is 0 Å². The van der Waals surface area contributed by atoms with Crippen LogP contribution in [-0.2, 0) is 6.42 Å². The predicted octanol–water partition coefficient (Wildman–Crippen LogP) is 5.75. The Morgan fingerprint density at radius 1 is 0.903 bits per heavy atom. The van der Waals surface area contributed by atoms with Gasteiger partial charge in [0.25, 0.3) is 5.91 Å². The summed E-state index contributed by atoms with van der Waals surface area (Å²) < 4.78 is 0. The predicted molar refractivity (Wildman–Crippen MR) is 124 cm³/mol. The average Bonchev–Trinajstić information content (AvgIpc) is 3.40. The van der Waals surface area contributed by atoms with Gasteiger partial charge in [-0.3, -0.25) is 4.79 Å². The van der Waals surface area contributed by atoms with Crippen LogP contribution in [0.3, 0.4) is 0 Å². The van der Waals surface area contributed by atoms with E-state index < -0.39 is 0 Å². The van der Waals surface area contributed by atoms with Crippen LogP contribution in [0.25, 0.3) is 21.8 Å². The highest BCUT2D eigenvalue weighted by Gasteiger charge is 2.35. The van der Waals surface area contributed by atoms with Crippen molar-refractivity contribution >= 4 is 27.7 Å². The fourth-order valence-electron chi connectivity index (χ4n) is 4.90. The van der Waals surface area contributed by atoms with Crippen molar-refractivity contribution < 1.29 is 4.79 Å². The highest BCUT2D eigenvalue weighted by Crippen LogP contribution is 2.39. The van der Waals surface area contributed by atoms with E-state index >= 15 is 0 Å². The van der Waals surface area contributed by atoms with Gasteiger partial charge in [0.2, 0.25) is 0 Å². The number of hydrogen-bond acceptors (Lipinski definition) is 1. The normalized spacial score (nSPS) is 16.0. The Bertz CT molecular complexity index is 1390. The summed E-state index contributed by atoms with van der Waals surface area (Å²) in [7, 11) is 0. The molecule has 3 heterocycles. The van der Waals surface area contributed by atoms with Gasteiger partial charge in [-0.15, -0.1) is 0 Å². The Kier molecular flexibility index (Phi) is 4.00. The van der Waals surface area contributed by atoms with Gasteiger partial charge in [0, 0.05) is 34.0 Å². The van der Waals surface area contributed by atoms with E-state index in [4.69, 9.17) is 0 Å². The number of aromatic nitrogens is 2. The van der Waals surface area contributed by atoms with Crippen molar-refractivity contribution in [1.82, 2.24) is 14.9 Å². The molecule has 31 heavy (non-hydrogen) atoms. The van der Waals surface area contributed by atoms with Crippen LogP contribution in [0.4, 0.5) is 0 Å². The lowest BCUT2D eigenvalue weighted by atomic mass is 9.91. The minimum atomic E-state index is -0.143. The van der Waals surface area contributed by atoms with Crippen LogP contribution in [0, 0.1) is 6.92 Å². The topological polar surface area (TPSA) is 51.9 Å². The average molecular weight is 406 g/mol. The Labute approximate surface area is 180 Å². The molecule has 1 aliphatic rings. The lowest BCUT2D eigenvalue weighted by Crippen LogP contribution is -2.40. The number of amides is 1. The minimum Gasteiger partial charge on any atom is -0.356 e. The first-order valence-corrected chi connectivity index (χ1v) is 10.7. The molecule has 0 radical (unpaired) electrons. The number of para-hydroxylation sites is 2. The lowest BCUT2D eigenvalue weighted by molar-refractivity contribution is 0.0687. The molecule has 0 fully saturated rings. The molecule has 1 aliphatic heterocycles. The lowest BCUT2D eigenvalue weighted by Gasteiger charge is -2.36. The molecule has 0 bridgehead atoms. The van der Waals surface area contributed by atoms with Crippen LogP contribution >= 0.6 is 0 Å². The Balaban J connectivity index is 1.50. The fraction of sp³-hybridized carbons (Fsp3) is 0.148. The van der Waals surface area contributed by atoms with Gasteiger partial charge in [-0.25, -0.2) is 0 Å². The molecule has 2 N–H and O–H groups in total. The molecule has 0 spiro atoms. The third-order valence-corrected chi connectivity index (χ3v) is 6.45. The van der Waals surface area contributed by atoms with Crippen LogP contribution in [-0.4, -0.2) is 27.3 Å². The van der Waals surface area contributed by atoms with Crippen molar-refractivity contribution in [1.29, 1.82) is 0 Å². The molecule has 5 aromatic rings. The monoisotopic (exact) mass is 405 g/mol. The van der Waals surface area contributed by atoms with Gasteiger partial charge in [-0.2, -0.15) is 0 Å². The van der Waals surface area contributed by atoms with Gasteiger partial charge in [0.15, 0.2) is 0 Å². The smallest absolute Gasteiger partial charge is 0.271 e. The Hall–Kier alpha value is -3.79. The van der Waals surface area contributed by atoms with Crippen molar-refractivity contribution in [2.75, 3.05) is 6.54 Å². The van der Waals surface area contributed by atoms with Gasteiger partial charge >= 0.3 is 0 Å². The second-order valence-electron chi connectivity index (χ2n) is 8.39. The van der Waals surface area contributed by atoms with Crippen molar-refractivity contribution in [2.45, 2.75) is 19.4 Å². The summed E-state index contributed by atoms with van der Waals surface area (Å²) in [6.07, 6.45) is 0.841. The number of carbonyl (C=O) groups is 1. The zero-order valence-electron chi connectivity index (χ0n) is 17.4. The molecular weight excluding hydrogens is 382 g/mol. The maximum Gasteiger partial charge on any atom is 0.271 e. The fourth-order valence-corrected chi connectivity index (χ4v) is 4.90. The number of rotatable bonds is 2. The number of nitrogens with one attached hydrogen (secondary N) is 2. The zero-order valence-corrected chi connectivity index (χ0v) is 17.4. The van der Waals surface area contributed by atoms with E-state index in [1.165, 1.54) is 16.5 Å². The third kappa shape index (κ3) is 2.87. The molecule has 1 amide bonds. The molecule has 152 valence electrons. The molecule has 1 atom stereocenters.